The van der Waals surface area contributed by atoms with Crippen molar-refractivity contribution in [2.45, 2.75) is 0 Å². The molecule has 0 aliphatic carbocycles. The monoisotopic (exact) mass is 359 g/mol. The normalized spacial score (nSPS) is 10.6. The molecule has 19 heavy (non-hydrogen) atoms. The molecule has 0 atom stereocenters. The molecule has 0 N–H and O–H groups in total. The van der Waals surface area contributed by atoms with Crippen molar-refractivity contribution in [3.8, 4) is 16.9 Å². The summed E-state index contributed by atoms with van der Waals surface area (Å²) < 4.78 is 6.51. The Bertz CT molecular complexity index is 734. The quantitative estimate of drug-likeness (QED) is 0.590. The third kappa shape index (κ3) is 2.59. The first-order valence-electron chi connectivity index (χ1n) is 6.02. The van der Waals surface area contributed by atoms with Crippen LogP contribution in [0.1, 0.15) is 0 Å². The number of halogens is 1. The minimum absolute atomic E-state index is 0.869. The molecule has 1 nitrogen and oxygen atoms in total. The Kier molecular flexibility index (Phi) is 3.42. The van der Waals surface area contributed by atoms with Crippen molar-refractivity contribution in [3.05, 3.63) is 64.2 Å². The Morgan fingerprint density at radius 2 is 1.89 bits per heavy atom. The van der Waals surface area contributed by atoms with Gasteiger partial charge < -0.3 is 4.74 Å². The summed E-state index contributed by atoms with van der Waals surface area (Å²) in [6, 6.07) is 22.2. The van der Waals surface area contributed by atoms with Gasteiger partial charge in [-0.1, -0.05) is 30.3 Å². The summed E-state index contributed by atoms with van der Waals surface area (Å²) >= 11 is 2.33. The summed E-state index contributed by atoms with van der Waals surface area (Å²) in [4.78, 5) is 0. The maximum Gasteiger partial charge on any atom is 0.119 e. The Hall–Kier alpha value is -1.55. The zero-order valence-corrected chi connectivity index (χ0v) is 12.6. The summed E-state index contributed by atoms with van der Waals surface area (Å²) in [6.45, 7) is 0. The van der Waals surface area contributed by atoms with Crippen molar-refractivity contribution in [3.63, 3.8) is 0 Å². The van der Waals surface area contributed by atoms with Gasteiger partial charge in [-0.3, -0.25) is 0 Å². The second kappa shape index (κ2) is 5.21. The minimum atomic E-state index is 0.869. The molecule has 0 aromatic heterocycles. The summed E-state index contributed by atoms with van der Waals surface area (Å²) in [5.74, 6) is 0.869. The highest BCUT2D eigenvalue weighted by Crippen LogP contribution is 2.27. The van der Waals surface area contributed by atoms with Gasteiger partial charge in [0.25, 0.3) is 0 Å². The average Bonchev–Trinajstić information content (AvgIpc) is 2.46. The molecule has 0 aliphatic rings. The van der Waals surface area contributed by atoms with E-state index < -0.39 is 0 Å². The lowest BCUT2D eigenvalue weighted by atomic mass is 10.0. The number of benzene rings is 3. The van der Waals surface area contributed by atoms with Crippen LogP contribution in [0.2, 0.25) is 0 Å². The molecule has 0 saturated heterocycles. The van der Waals surface area contributed by atoms with Crippen molar-refractivity contribution in [1.82, 2.24) is 0 Å². The van der Waals surface area contributed by atoms with Gasteiger partial charge in [-0.2, -0.15) is 0 Å². The van der Waals surface area contributed by atoms with Crippen molar-refractivity contribution in [2.75, 3.05) is 7.11 Å². The number of methoxy groups -OCH3 is 1. The molecule has 93 valence electrons. The number of hydrogen-bond acceptors (Lipinski definition) is 1. The van der Waals surface area contributed by atoms with Crippen LogP contribution in [0.3, 0.4) is 0 Å². The van der Waals surface area contributed by atoms with Gasteiger partial charge in [0, 0.05) is 3.57 Å². The van der Waals surface area contributed by atoms with Gasteiger partial charge in [-0.15, -0.1) is 0 Å². The Morgan fingerprint density at radius 3 is 2.74 bits per heavy atom. The maximum absolute atomic E-state index is 5.26. The maximum atomic E-state index is 5.26. The fraction of sp³-hybridized carbons (Fsp3) is 0.0588. The van der Waals surface area contributed by atoms with Gasteiger partial charge in [-0.25, -0.2) is 0 Å². The fourth-order valence-corrected chi connectivity index (χ4v) is 2.62. The van der Waals surface area contributed by atoms with E-state index in [1.165, 1.54) is 8.96 Å². The Balaban J connectivity index is 2.12. The second-order valence-corrected chi connectivity index (χ2v) is 5.58. The lowest BCUT2D eigenvalue weighted by Crippen LogP contribution is -1.84. The third-order valence-corrected chi connectivity index (χ3v) is 3.76. The predicted molar refractivity (Wildman–Crippen MR) is 87.5 cm³/mol. The van der Waals surface area contributed by atoms with Crippen LogP contribution in [-0.2, 0) is 0 Å². The topological polar surface area (TPSA) is 9.23 Å². The zero-order valence-electron chi connectivity index (χ0n) is 10.5. The Labute approximate surface area is 126 Å². The first kappa shape index (κ1) is 12.5. The van der Waals surface area contributed by atoms with E-state index in [1.54, 1.807) is 7.11 Å². The largest absolute Gasteiger partial charge is 0.497 e. The molecule has 3 aromatic rings. The van der Waals surface area contributed by atoms with Crippen LogP contribution >= 0.6 is 22.6 Å². The van der Waals surface area contributed by atoms with E-state index in [-0.39, 0.29) is 0 Å². The Morgan fingerprint density at radius 1 is 1.00 bits per heavy atom. The van der Waals surface area contributed by atoms with E-state index in [4.69, 9.17) is 4.74 Å². The van der Waals surface area contributed by atoms with Crippen LogP contribution in [0.5, 0.6) is 5.75 Å². The van der Waals surface area contributed by atoms with Crippen LogP contribution in [0.25, 0.3) is 21.9 Å². The third-order valence-electron chi connectivity index (χ3n) is 3.09. The molecule has 3 aromatic carbocycles. The highest BCUT2D eigenvalue weighted by molar-refractivity contribution is 14.1. The van der Waals surface area contributed by atoms with E-state index >= 15 is 0 Å². The highest BCUT2D eigenvalue weighted by Gasteiger charge is 2.02. The fourth-order valence-electron chi connectivity index (χ4n) is 2.10. The summed E-state index contributed by atoms with van der Waals surface area (Å²) in [6.07, 6.45) is 0. The van der Waals surface area contributed by atoms with Gasteiger partial charge in [0.05, 0.1) is 7.11 Å². The molecule has 1 radical (unpaired) electrons. The molecule has 0 heterocycles. The van der Waals surface area contributed by atoms with E-state index in [9.17, 15) is 0 Å². The van der Waals surface area contributed by atoms with Crippen LogP contribution in [0.4, 0.5) is 0 Å². The van der Waals surface area contributed by atoms with Crippen LogP contribution < -0.4 is 4.74 Å². The van der Waals surface area contributed by atoms with Gasteiger partial charge in [0.2, 0.25) is 0 Å². The summed E-state index contributed by atoms with van der Waals surface area (Å²) in [5.41, 5.74) is 2.22. The molecule has 0 aliphatic heterocycles. The zero-order chi connectivity index (χ0) is 13.2. The molecule has 0 unspecified atom stereocenters. The number of hydrogen-bond donors (Lipinski definition) is 0. The van der Waals surface area contributed by atoms with Gasteiger partial charge >= 0.3 is 0 Å². The van der Waals surface area contributed by atoms with Crippen molar-refractivity contribution < 1.29 is 4.74 Å². The standard InChI is InChI=1S/C17H12IO/c1-19-17-4-2-3-12(11-17)13-5-6-15-10-16(18)8-7-14(15)9-13/h2-8,10-11H,1H3. The molecule has 3 rings (SSSR count). The van der Waals surface area contributed by atoms with Crippen molar-refractivity contribution in [1.29, 1.82) is 0 Å². The molecule has 2 heteroatoms. The smallest absolute Gasteiger partial charge is 0.119 e. The number of ether oxygens (including phenoxy) is 1. The lowest BCUT2D eigenvalue weighted by molar-refractivity contribution is 0.415. The second-order valence-electron chi connectivity index (χ2n) is 4.34. The van der Waals surface area contributed by atoms with Crippen molar-refractivity contribution in [2.24, 2.45) is 0 Å². The summed E-state index contributed by atoms with van der Waals surface area (Å²) in [5, 5.41) is 2.36. The molecule has 0 fully saturated rings. The predicted octanol–water partition coefficient (Wildman–Crippen LogP) is 4.92. The van der Waals surface area contributed by atoms with E-state index in [2.05, 4.69) is 65.1 Å². The molecule has 0 amide bonds. The van der Waals surface area contributed by atoms with Gasteiger partial charge in [-0.05, 0) is 74.8 Å². The number of fused-ring (bicyclic) bond motifs is 1. The van der Waals surface area contributed by atoms with E-state index in [0.29, 0.717) is 0 Å². The van der Waals surface area contributed by atoms with Crippen LogP contribution in [-0.4, -0.2) is 7.11 Å². The van der Waals surface area contributed by atoms with Gasteiger partial charge in [0.1, 0.15) is 5.75 Å². The van der Waals surface area contributed by atoms with E-state index in [1.807, 2.05) is 18.2 Å². The SMILES string of the molecule is COc1cccc(-c2[c]c3ccc(I)cc3cc2)c1. The molecule has 0 bridgehead atoms. The van der Waals surface area contributed by atoms with E-state index in [0.717, 1.165) is 22.3 Å². The molecular weight excluding hydrogens is 347 g/mol. The lowest BCUT2D eigenvalue weighted by Gasteiger charge is -2.06. The first-order valence-corrected chi connectivity index (χ1v) is 7.10. The number of rotatable bonds is 2. The van der Waals surface area contributed by atoms with Gasteiger partial charge in [0.15, 0.2) is 0 Å². The minimum Gasteiger partial charge on any atom is -0.497 e. The van der Waals surface area contributed by atoms with Crippen LogP contribution in [0, 0.1) is 9.64 Å². The molecule has 0 spiro atoms. The first-order chi connectivity index (χ1) is 9.26. The molecular formula is C17H12IO. The van der Waals surface area contributed by atoms with Crippen molar-refractivity contribution >= 4 is 33.4 Å². The average molecular weight is 359 g/mol. The highest BCUT2D eigenvalue weighted by atomic mass is 127. The molecule has 0 saturated carbocycles. The van der Waals surface area contributed by atoms with Crippen LogP contribution in [0.15, 0.2) is 54.6 Å². The summed E-state index contributed by atoms with van der Waals surface area (Å²) in [7, 11) is 1.69.